The van der Waals surface area contributed by atoms with Gasteiger partial charge in [0.05, 0.1) is 40.6 Å². The second kappa shape index (κ2) is 9.49. The van der Waals surface area contributed by atoms with Crippen molar-refractivity contribution < 1.29 is 17.9 Å². The summed E-state index contributed by atoms with van der Waals surface area (Å²) in [6.07, 6.45) is 4.43. The molecule has 0 aliphatic carbocycles. The number of nitrogens with one attached hydrogen (secondary N) is 2. The number of methoxy groups -OCH3 is 1. The summed E-state index contributed by atoms with van der Waals surface area (Å²) in [5, 5.41) is 2.66. The number of hydrogen-bond donors (Lipinski definition) is 2. The Morgan fingerprint density at radius 1 is 0.970 bits per heavy atom. The molecule has 0 saturated heterocycles. The van der Waals surface area contributed by atoms with Crippen molar-refractivity contribution in [3.05, 3.63) is 90.8 Å². The lowest BCUT2D eigenvalue weighted by molar-refractivity contribution is -0.111. The standard InChI is InChI=1S/C24H20N4O4S/c1-32-23-12-5-4-11-22(23)28-33(30,31)19-8-6-7-17(15-19)27-24(29)14-13-18-16-25-20-9-2-3-10-21(20)26-18/h2-16,28H,1H3,(H,27,29)/b14-13+. The maximum absolute atomic E-state index is 12.8. The van der Waals surface area contributed by atoms with Crippen LogP contribution < -0.4 is 14.8 Å². The summed E-state index contributed by atoms with van der Waals surface area (Å²) in [5.74, 6) is -0.0374. The molecule has 1 heterocycles. The van der Waals surface area contributed by atoms with E-state index in [0.717, 1.165) is 11.0 Å². The van der Waals surface area contributed by atoms with Crippen molar-refractivity contribution in [2.24, 2.45) is 0 Å². The van der Waals surface area contributed by atoms with Crippen molar-refractivity contribution in [2.45, 2.75) is 4.90 Å². The van der Waals surface area contributed by atoms with Crippen LogP contribution in [0.15, 0.2) is 90.0 Å². The van der Waals surface area contributed by atoms with E-state index in [1.54, 1.807) is 48.7 Å². The maximum Gasteiger partial charge on any atom is 0.262 e. The minimum absolute atomic E-state index is 0.00409. The van der Waals surface area contributed by atoms with Gasteiger partial charge in [-0.05, 0) is 48.5 Å². The van der Waals surface area contributed by atoms with Crippen LogP contribution in [0.3, 0.4) is 0 Å². The third-order valence-corrected chi connectivity index (χ3v) is 6.00. The third-order valence-electron chi connectivity index (χ3n) is 4.64. The molecule has 166 valence electrons. The average molecular weight is 461 g/mol. The fourth-order valence-electron chi connectivity index (χ4n) is 3.07. The molecule has 1 amide bonds. The van der Waals surface area contributed by atoms with Crippen LogP contribution in [0.5, 0.6) is 5.75 Å². The Balaban J connectivity index is 1.47. The minimum atomic E-state index is -3.90. The number of benzene rings is 3. The number of hydrogen-bond acceptors (Lipinski definition) is 6. The Morgan fingerprint density at radius 2 is 1.73 bits per heavy atom. The molecule has 4 aromatic rings. The average Bonchev–Trinajstić information content (AvgIpc) is 2.83. The monoisotopic (exact) mass is 460 g/mol. The van der Waals surface area contributed by atoms with Gasteiger partial charge in [0.15, 0.2) is 0 Å². The molecule has 8 nitrogen and oxygen atoms in total. The van der Waals surface area contributed by atoms with Crippen molar-refractivity contribution in [3.8, 4) is 5.75 Å². The van der Waals surface area contributed by atoms with Gasteiger partial charge in [-0.2, -0.15) is 0 Å². The number of sulfonamides is 1. The molecule has 0 aliphatic rings. The minimum Gasteiger partial charge on any atom is -0.495 e. The van der Waals surface area contributed by atoms with Gasteiger partial charge in [0.25, 0.3) is 10.0 Å². The zero-order valence-electron chi connectivity index (χ0n) is 17.6. The largest absolute Gasteiger partial charge is 0.495 e. The summed E-state index contributed by atoms with van der Waals surface area (Å²) in [6, 6.07) is 20.1. The second-order valence-corrected chi connectivity index (χ2v) is 8.62. The second-order valence-electron chi connectivity index (χ2n) is 6.94. The first kappa shape index (κ1) is 22.0. The molecular weight excluding hydrogens is 440 g/mol. The lowest BCUT2D eigenvalue weighted by atomic mass is 10.3. The topological polar surface area (TPSA) is 110 Å². The van der Waals surface area contributed by atoms with Gasteiger partial charge in [0.2, 0.25) is 5.91 Å². The Bertz CT molecular complexity index is 1450. The summed E-state index contributed by atoms with van der Waals surface area (Å²) in [4.78, 5) is 21.1. The van der Waals surface area contributed by atoms with Crippen LogP contribution >= 0.6 is 0 Å². The molecule has 2 N–H and O–H groups in total. The number of fused-ring (bicyclic) bond motifs is 1. The first-order chi connectivity index (χ1) is 15.9. The summed E-state index contributed by atoms with van der Waals surface area (Å²) >= 11 is 0. The summed E-state index contributed by atoms with van der Waals surface area (Å²) < 4.78 is 33.3. The highest BCUT2D eigenvalue weighted by Crippen LogP contribution is 2.26. The highest BCUT2D eigenvalue weighted by Gasteiger charge is 2.17. The van der Waals surface area contributed by atoms with E-state index in [4.69, 9.17) is 4.74 Å². The van der Waals surface area contributed by atoms with Gasteiger partial charge < -0.3 is 10.1 Å². The Hall–Kier alpha value is -4.24. The van der Waals surface area contributed by atoms with E-state index in [1.165, 1.54) is 25.3 Å². The van der Waals surface area contributed by atoms with Crippen molar-refractivity contribution in [1.29, 1.82) is 0 Å². The van der Waals surface area contributed by atoms with Crippen LogP contribution in [-0.4, -0.2) is 31.4 Å². The molecule has 0 aliphatic heterocycles. The number of aromatic nitrogens is 2. The molecule has 0 unspecified atom stereocenters. The fraction of sp³-hybridized carbons (Fsp3) is 0.0417. The predicted molar refractivity (Wildman–Crippen MR) is 127 cm³/mol. The van der Waals surface area contributed by atoms with Crippen molar-refractivity contribution >= 4 is 44.4 Å². The summed E-state index contributed by atoms with van der Waals surface area (Å²) in [5.41, 5.74) is 2.66. The quantitative estimate of drug-likeness (QED) is 0.402. The van der Waals surface area contributed by atoms with Gasteiger partial charge >= 0.3 is 0 Å². The Kier molecular flexibility index (Phi) is 6.32. The van der Waals surface area contributed by atoms with Gasteiger partial charge in [-0.15, -0.1) is 0 Å². The van der Waals surface area contributed by atoms with Gasteiger partial charge in [-0.3, -0.25) is 14.5 Å². The first-order valence-electron chi connectivity index (χ1n) is 9.91. The number of carbonyl (C=O) groups is 1. The molecule has 9 heteroatoms. The van der Waals surface area contributed by atoms with E-state index in [2.05, 4.69) is 20.0 Å². The van der Waals surface area contributed by atoms with Crippen molar-refractivity contribution in [1.82, 2.24) is 9.97 Å². The van der Waals surface area contributed by atoms with E-state index in [0.29, 0.717) is 22.8 Å². The number of rotatable bonds is 7. The van der Waals surface area contributed by atoms with Crippen LogP contribution in [0.4, 0.5) is 11.4 Å². The number of nitrogens with zero attached hydrogens (tertiary/aromatic N) is 2. The SMILES string of the molecule is COc1ccccc1NS(=O)(=O)c1cccc(NC(=O)/C=C/c2cnc3ccccc3n2)c1. The fourth-order valence-corrected chi connectivity index (χ4v) is 4.19. The van der Waals surface area contributed by atoms with Crippen molar-refractivity contribution in [3.63, 3.8) is 0 Å². The molecule has 1 aromatic heterocycles. The zero-order chi connectivity index (χ0) is 23.3. The van der Waals surface area contributed by atoms with Crippen LogP contribution in [-0.2, 0) is 14.8 Å². The van der Waals surface area contributed by atoms with Crippen LogP contribution in [0.2, 0.25) is 0 Å². The molecule has 0 bridgehead atoms. The van der Waals surface area contributed by atoms with Crippen LogP contribution in [0.25, 0.3) is 17.1 Å². The smallest absolute Gasteiger partial charge is 0.262 e. The Morgan fingerprint density at radius 3 is 2.55 bits per heavy atom. The molecule has 0 saturated carbocycles. The Labute approximate surface area is 191 Å². The normalized spacial score (nSPS) is 11.4. The molecule has 0 radical (unpaired) electrons. The van der Waals surface area contributed by atoms with Gasteiger partial charge in [-0.1, -0.05) is 30.3 Å². The molecule has 0 spiro atoms. The molecule has 4 rings (SSSR count). The highest BCUT2D eigenvalue weighted by atomic mass is 32.2. The summed E-state index contributed by atoms with van der Waals surface area (Å²) in [6.45, 7) is 0. The lowest BCUT2D eigenvalue weighted by Crippen LogP contribution is -2.14. The maximum atomic E-state index is 12.8. The van der Waals surface area contributed by atoms with E-state index in [9.17, 15) is 13.2 Å². The molecule has 3 aromatic carbocycles. The van der Waals surface area contributed by atoms with Crippen LogP contribution in [0, 0.1) is 0 Å². The number of ether oxygens (including phenoxy) is 1. The predicted octanol–water partition coefficient (Wildman–Crippen LogP) is 4.09. The molecule has 33 heavy (non-hydrogen) atoms. The molecule has 0 fully saturated rings. The lowest BCUT2D eigenvalue weighted by Gasteiger charge is -2.12. The number of amides is 1. The molecular formula is C24H20N4O4S. The van der Waals surface area contributed by atoms with Crippen molar-refractivity contribution in [2.75, 3.05) is 17.1 Å². The molecule has 0 atom stereocenters. The third kappa shape index (κ3) is 5.34. The number of para-hydroxylation sites is 4. The summed E-state index contributed by atoms with van der Waals surface area (Å²) in [7, 11) is -2.44. The van der Waals surface area contributed by atoms with Crippen LogP contribution in [0.1, 0.15) is 5.69 Å². The zero-order valence-corrected chi connectivity index (χ0v) is 18.4. The number of carbonyl (C=O) groups excluding carboxylic acids is 1. The van der Waals surface area contributed by atoms with Gasteiger partial charge in [0.1, 0.15) is 5.75 Å². The van der Waals surface area contributed by atoms with E-state index in [-0.39, 0.29) is 4.90 Å². The van der Waals surface area contributed by atoms with E-state index >= 15 is 0 Å². The first-order valence-corrected chi connectivity index (χ1v) is 11.4. The van der Waals surface area contributed by atoms with Gasteiger partial charge in [-0.25, -0.2) is 13.4 Å². The van der Waals surface area contributed by atoms with E-state index < -0.39 is 15.9 Å². The highest BCUT2D eigenvalue weighted by molar-refractivity contribution is 7.92. The van der Waals surface area contributed by atoms with Gasteiger partial charge in [0, 0.05) is 11.8 Å². The van der Waals surface area contributed by atoms with E-state index in [1.807, 2.05) is 24.3 Å². The number of anilines is 2.